The Kier molecular flexibility index (Phi) is 14.0. The van der Waals surface area contributed by atoms with Crippen LogP contribution in [0.15, 0.2) is 78.9 Å². The summed E-state index contributed by atoms with van der Waals surface area (Å²) in [7, 11) is 5.15. The van der Waals surface area contributed by atoms with Gasteiger partial charge in [-0.2, -0.15) is 0 Å². The molecule has 0 fully saturated rings. The molecule has 9 nitrogen and oxygen atoms in total. The predicted octanol–water partition coefficient (Wildman–Crippen LogP) is 7.69. The topological polar surface area (TPSA) is 88.6 Å². The van der Waals surface area contributed by atoms with E-state index in [-0.39, 0.29) is 18.4 Å². The minimum absolute atomic E-state index is 0.118. The summed E-state index contributed by atoms with van der Waals surface area (Å²) < 4.78 is 13.6. The molecule has 50 heavy (non-hydrogen) atoms. The number of rotatable bonds is 16. The molecular weight excluding hydrogens is 630 g/mol. The highest BCUT2D eigenvalue weighted by molar-refractivity contribution is 6.10. The zero-order chi connectivity index (χ0) is 38.3. The smallest absolute Gasteiger partial charge is 0.346 e. The van der Waals surface area contributed by atoms with Crippen LogP contribution in [-0.4, -0.2) is 83.7 Å². The van der Waals surface area contributed by atoms with Gasteiger partial charge < -0.3 is 14.3 Å². The lowest BCUT2D eigenvalue weighted by atomic mass is 9.69. The Bertz CT molecular complexity index is 1450. The largest absolute Gasteiger partial charge is 0.387 e. The quantitative estimate of drug-likeness (QED) is 0.0748. The van der Waals surface area contributed by atoms with Crippen molar-refractivity contribution in [3.63, 3.8) is 0 Å². The number of carbonyl (C=O) groups excluding carboxylic acids is 3. The van der Waals surface area contributed by atoms with Gasteiger partial charge in [-0.15, -0.1) is 0 Å². The molecule has 9 heteroatoms. The van der Waals surface area contributed by atoms with E-state index in [4.69, 9.17) is 14.3 Å². The van der Waals surface area contributed by atoms with Gasteiger partial charge in [-0.05, 0) is 95.0 Å². The summed E-state index contributed by atoms with van der Waals surface area (Å²) in [6.45, 7) is 21.9. The minimum Gasteiger partial charge on any atom is -0.346 e. The lowest BCUT2D eigenvalue weighted by molar-refractivity contribution is -0.252. The molecule has 1 aromatic rings. The maximum atomic E-state index is 15.5. The van der Waals surface area contributed by atoms with Gasteiger partial charge in [0, 0.05) is 25.0 Å². The number of benzene rings is 1. The molecule has 2 rings (SSSR count). The Morgan fingerprint density at radius 3 is 1.92 bits per heavy atom. The third-order valence-corrected chi connectivity index (χ3v) is 9.49. The van der Waals surface area contributed by atoms with Gasteiger partial charge >= 0.3 is 5.97 Å². The van der Waals surface area contributed by atoms with Crippen molar-refractivity contribution in [3.8, 4) is 0 Å². The number of likely N-dealkylation sites (N-methyl/N-ethyl adjacent to an activating group) is 2. The van der Waals surface area contributed by atoms with Crippen LogP contribution >= 0.6 is 0 Å². The molecule has 3 unspecified atom stereocenters. The number of hydroxylamine groups is 1. The molecular formula is C41H63N3O6. The summed E-state index contributed by atoms with van der Waals surface area (Å²) in [4.78, 5) is 54.0. The molecule has 0 amide bonds. The average molecular weight is 694 g/mol. The molecule has 0 saturated heterocycles. The van der Waals surface area contributed by atoms with Crippen molar-refractivity contribution >= 4 is 23.2 Å². The van der Waals surface area contributed by atoms with Crippen LogP contribution in [0.4, 0.5) is 5.69 Å². The van der Waals surface area contributed by atoms with Crippen LogP contribution in [0, 0.1) is 10.8 Å². The monoisotopic (exact) mass is 693 g/mol. The lowest BCUT2D eigenvalue weighted by Gasteiger charge is -2.53. The van der Waals surface area contributed by atoms with Crippen molar-refractivity contribution in [1.82, 2.24) is 9.80 Å². The highest BCUT2D eigenvalue weighted by Crippen LogP contribution is 2.45. The van der Waals surface area contributed by atoms with Gasteiger partial charge in [0.25, 0.3) is 5.72 Å². The summed E-state index contributed by atoms with van der Waals surface area (Å²) in [5.74, 6) is -1.62. The van der Waals surface area contributed by atoms with Crippen LogP contribution in [0.2, 0.25) is 0 Å². The summed E-state index contributed by atoms with van der Waals surface area (Å²) in [6, 6.07) is 9.00. The molecule has 1 aliphatic carbocycles. The fourth-order valence-electron chi connectivity index (χ4n) is 5.91. The van der Waals surface area contributed by atoms with Crippen LogP contribution in [0.5, 0.6) is 0 Å². The zero-order valence-corrected chi connectivity index (χ0v) is 33.3. The second-order valence-electron chi connectivity index (χ2n) is 16.3. The number of anilines is 1. The first kappa shape index (κ1) is 42.8. The molecule has 0 spiro atoms. The zero-order valence-electron chi connectivity index (χ0n) is 33.3. The van der Waals surface area contributed by atoms with E-state index in [0.717, 1.165) is 0 Å². The first-order chi connectivity index (χ1) is 22.9. The number of allylic oxidation sites excluding steroid dienone is 5. The number of carbonyl (C=O) groups is 3. The van der Waals surface area contributed by atoms with Crippen LogP contribution in [-0.2, 0) is 28.7 Å². The van der Waals surface area contributed by atoms with Crippen molar-refractivity contribution in [2.75, 3.05) is 32.8 Å². The van der Waals surface area contributed by atoms with Gasteiger partial charge in [-0.25, -0.2) is 9.86 Å². The van der Waals surface area contributed by atoms with Crippen LogP contribution in [0.3, 0.4) is 0 Å². The second kappa shape index (κ2) is 16.3. The van der Waals surface area contributed by atoms with E-state index < -0.39 is 45.2 Å². The molecule has 0 aliphatic heterocycles. The lowest BCUT2D eigenvalue weighted by Crippen LogP contribution is -2.71. The van der Waals surface area contributed by atoms with Crippen molar-refractivity contribution in [1.29, 1.82) is 0 Å². The minimum atomic E-state index is -2.24. The summed E-state index contributed by atoms with van der Waals surface area (Å²) >= 11 is 0. The summed E-state index contributed by atoms with van der Waals surface area (Å²) in [5, 5.41) is 1.33. The molecule has 1 aromatic carbocycles. The molecule has 278 valence electrons. The highest BCUT2D eigenvalue weighted by Gasteiger charge is 2.64. The first-order valence-electron chi connectivity index (χ1n) is 17.4. The Morgan fingerprint density at radius 2 is 1.42 bits per heavy atom. The fourth-order valence-corrected chi connectivity index (χ4v) is 5.91. The Morgan fingerprint density at radius 1 is 0.820 bits per heavy atom. The average Bonchev–Trinajstić information content (AvgIpc) is 3.03. The summed E-state index contributed by atoms with van der Waals surface area (Å²) in [6.07, 6.45) is 16.2. The van der Waals surface area contributed by atoms with Crippen LogP contribution in [0.1, 0.15) is 89.5 Å². The van der Waals surface area contributed by atoms with E-state index in [1.807, 2.05) is 100 Å². The van der Waals surface area contributed by atoms with Gasteiger partial charge in [0.15, 0.2) is 17.3 Å². The normalized spacial score (nSPS) is 18.5. The maximum absolute atomic E-state index is 15.5. The molecule has 1 aliphatic rings. The third-order valence-electron chi connectivity index (χ3n) is 9.49. The Hall–Kier alpha value is -3.37. The molecule has 0 heterocycles. The van der Waals surface area contributed by atoms with Crippen molar-refractivity contribution in [3.05, 3.63) is 78.9 Å². The van der Waals surface area contributed by atoms with Gasteiger partial charge in [0.1, 0.15) is 0 Å². The molecule has 0 aromatic heterocycles. The molecule has 0 saturated carbocycles. The number of hydrogen-bond donors (Lipinski definition) is 0. The summed E-state index contributed by atoms with van der Waals surface area (Å²) in [5.41, 5.74) is -7.59. The number of nitrogens with zero attached hydrogens (tertiary/aromatic N) is 3. The number of ether oxygens (including phenoxy) is 2. The molecule has 0 N–H and O–H groups in total. The SMILES string of the molecule is C/C=C\C=C/CN(C)C(OC(C)(C)C)(C(=O)ON(C)c1ccccc1)C(=O)C(C)(C)C(C)(C)OC(C)(C(=O)C(C)(C)C)N(C)C1C=CC=CC1. The van der Waals surface area contributed by atoms with Crippen LogP contribution in [0.25, 0.3) is 0 Å². The maximum Gasteiger partial charge on any atom is 0.387 e. The van der Waals surface area contributed by atoms with Crippen LogP contribution < -0.4 is 5.06 Å². The predicted molar refractivity (Wildman–Crippen MR) is 202 cm³/mol. The van der Waals surface area contributed by atoms with E-state index in [1.54, 1.807) is 86.5 Å². The second-order valence-corrected chi connectivity index (χ2v) is 16.3. The van der Waals surface area contributed by atoms with Gasteiger partial charge in [0.05, 0.1) is 22.3 Å². The third kappa shape index (κ3) is 9.69. The molecule has 0 bridgehead atoms. The number of ketones is 2. The van der Waals surface area contributed by atoms with E-state index in [9.17, 15) is 9.59 Å². The van der Waals surface area contributed by atoms with Gasteiger partial charge in [-0.3, -0.25) is 19.4 Å². The van der Waals surface area contributed by atoms with E-state index in [0.29, 0.717) is 12.1 Å². The standard InChI is InChI=1S/C41H63N3O6/c1-16-17-18-25-30-42(13)41(49-37(5,6)7,35(47)48-44(15)32-28-23-20-24-29-32)34(46)38(8,9)39(10,11)50-40(12,33(45)36(2,3)4)43(14)31-26-21-19-22-27-31/h16-26,28-29,31H,27,30H2,1-15H3/b17-16-,25-18-. The van der Waals surface area contributed by atoms with Crippen molar-refractivity contribution in [2.45, 2.75) is 118 Å². The van der Waals surface area contributed by atoms with E-state index in [1.165, 1.54) is 5.06 Å². The number of hydrogen-bond acceptors (Lipinski definition) is 9. The fraction of sp³-hybridized carbons (Fsp3) is 0.585. The van der Waals surface area contributed by atoms with Gasteiger partial charge in [0.2, 0.25) is 0 Å². The van der Waals surface area contributed by atoms with Crippen molar-refractivity contribution < 1.29 is 28.7 Å². The molecule has 3 atom stereocenters. The Labute approximate surface area is 301 Å². The van der Waals surface area contributed by atoms with Gasteiger partial charge in [-0.1, -0.05) is 87.6 Å². The first-order valence-corrected chi connectivity index (χ1v) is 17.4. The highest BCUT2D eigenvalue weighted by atomic mass is 16.7. The Balaban J connectivity index is 2.79. The number of Topliss-reactive ketones (excluding diaryl/α,β-unsaturated/α-hetero) is 2. The van der Waals surface area contributed by atoms with Crippen molar-refractivity contribution in [2.24, 2.45) is 10.8 Å². The molecule has 0 radical (unpaired) electrons. The van der Waals surface area contributed by atoms with E-state index >= 15 is 4.79 Å². The van der Waals surface area contributed by atoms with E-state index in [2.05, 4.69) is 6.08 Å². The number of para-hydroxylation sites is 1.